The van der Waals surface area contributed by atoms with Crippen LogP contribution in [0.25, 0.3) is 0 Å². The largest absolute Gasteiger partial charge is 0.477 e. The van der Waals surface area contributed by atoms with Gasteiger partial charge < -0.3 is 14.4 Å². The number of carboxylic acid groups (broad SMARTS) is 1. The Kier molecular flexibility index (Phi) is 6.85. The molecule has 2 aliphatic rings. The fourth-order valence-corrected chi connectivity index (χ4v) is 6.96. The van der Waals surface area contributed by atoms with E-state index in [1.54, 1.807) is 12.1 Å². The molecule has 10 heteroatoms. The first kappa shape index (κ1) is 25.4. The molecule has 4 atom stereocenters. The van der Waals surface area contributed by atoms with Gasteiger partial charge in [-0.05, 0) is 30.6 Å². The lowest BCUT2D eigenvalue weighted by molar-refractivity contribution is -0.384. The van der Waals surface area contributed by atoms with Crippen LogP contribution in [0.1, 0.15) is 40.2 Å². The van der Waals surface area contributed by atoms with Gasteiger partial charge in [-0.2, -0.15) is 0 Å². The van der Waals surface area contributed by atoms with Crippen LogP contribution in [-0.4, -0.2) is 47.3 Å². The summed E-state index contributed by atoms with van der Waals surface area (Å²) in [5, 5.41) is 20.8. The molecule has 1 amide bonds. The molecule has 1 N–H and O–H groups in total. The second-order valence-electron chi connectivity index (χ2n) is 10.3. The van der Waals surface area contributed by atoms with Crippen LogP contribution in [0.2, 0.25) is 18.1 Å². The molecule has 1 fully saturated rings. The normalized spacial score (nSPS) is 23.9. The molecule has 33 heavy (non-hydrogen) atoms. The molecule has 3 rings (SSSR count). The molecule has 0 aliphatic carbocycles. The van der Waals surface area contributed by atoms with Crippen molar-refractivity contribution in [2.45, 2.75) is 70.6 Å². The van der Waals surface area contributed by atoms with Crippen LogP contribution in [0, 0.1) is 22.0 Å². The van der Waals surface area contributed by atoms with Crippen molar-refractivity contribution in [1.82, 2.24) is 4.90 Å². The molecule has 0 aromatic heterocycles. The smallest absolute Gasteiger partial charge is 0.353 e. The first-order valence-corrected chi connectivity index (χ1v) is 14.9. The number of fused-ring (bicyclic) bond motifs is 1. The molecule has 0 spiro atoms. The Balaban J connectivity index is 1.78. The predicted molar refractivity (Wildman–Crippen MR) is 130 cm³/mol. The number of thioether (sulfide) groups is 1. The van der Waals surface area contributed by atoms with Crippen LogP contribution in [0.5, 0.6) is 0 Å². The van der Waals surface area contributed by atoms with Crippen molar-refractivity contribution in [3.63, 3.8) is 0 Å². The lowest BCUT2D eigenvalue weighted by Crippen LogP contribution is -2.65. The van der Waals surface area contributed by atoms with Gasteiger partial charge in [0.25, 0.3) is 5.69 Å². The van der Waals surface area contributed by atoms with Crippen molar-refractivity contribution >= 4 is 37.6 Å². The number of carboxylic acids is 1. The molecular weight excluding hydrogens is 460 g/mol. The highest BCUT2D eigenvalue weighted by Crippen LogP contribution is 2.52. The van der Waals surface area contributed by atoms with E-state index in [2.05, 4.69) is 33.9 Å². The van der Waals surface area contributed by atoms with Crippen molar-refractivity contribution in [3.8, 4) is 0 Å². The molecule has 1 aromatic rings. The highest BCUT2D eigenvalue weighted by atomic mass is 32.2. The summed E-state index contributed by atoms with van der Waals surface area (Å²) >= 11 is 1.38. The number of hydrogen-bond acceptors (Lipinski definition) is 6. The van der Waals surface area contributed by atoms with Crippen LogP contribution in [0.3, 0.4) is 0 Å². The number of carbonyl (C=O) groups excluding carboxylic acids is 1. The number of nitro benzene ring substituents is 1. The summed E-state index contributed by atoms with van der Waals surface area (Å²) in [6.07, 6.45) is -0.295. The van der Waals surface area contributed by atoms with Gasteiger partial charge in [-0.3, -0.25) is 14.9 Å². The van der Waals surface area contributed by atoms with Gasteiger partial charge in [0.15, 0.2) is 8.32 Å². The van der Waals surface area contributed by atoms with Gasteiger partial charge in [0.05, 0.1) is 23.0 Å². The summed E-state index contributed by atoms with van der Waals surface area (Å²) in [7, 11) is -2.09. The van der Waals surface area contributed by atoms with Crippen LogP contribution in [0.4, 0.5) is 5.69 Å². The Morgan fingerprint density at radius 1 is 1.30 bits per heavy atom. The van der Waals surface area contributed by atoms with E-state index in [-0.39, 0.29) is 46.3 Å². The molecule has 0 saturated carbocycles. The lowest BCUT2D eigenvalue weighted by atomic mass is 9.79. The Labute approximate surface area is 199 Å². The molecule has 1 saturated heterocycles. The number of β-lactam (4-membered cyclic amide) rings is 1. The molecule has 1 aromatic carbocycles. The topological polar surface area (TPSA) is 110 Å². The minimum atomic E-state index is -2.09. The summed E-state index contributed by atoms with van der Waals surface area (Å²) in [5.41, 5.74) is 0.915. The van der Waals surface area contributed by atoms with Crippen molar-refractivity contribution < 1.29 is 24.0 Å². The van der Waals surface area contributed by atoms with Crippen molar-refractivity contribution in [2.75, 3.05) is 0 Å². The summed E-state index contributed by atoms with van der Waals surface area (Å²) in [5.74, 6) is -1.35. The minimum absolute atomic E-state index is 0.00524. The van der Waals surface area contributed by atoms with E-state index in [1.165, 1.54) is 28.8 Å². The number of benzene rings is 1. The number of hydrogen-bond donors (Lipinski definition) is 1. The second kappa shape index (κ2) is 8.88. The molecule has 0 radical (unpaired) electrons. The van der Waals surface area contributed by atoms with E-state index in [0.29, 0.717) is 10.7 Å². The SMILES string of the molecule is C[C@@H](O[Si](C)(C)C(C)(C)C)C1C(=O)N2C(C(=O)O)=C(SCc3ccc([N+](=O)[O-])cc3)[C@H](C)[C@@H]12. The standard InChI is InChI=1S/C23H32N2O6SSi/c1-13-18-17(14(2)31-33(6,7)23(3,4)5)21(26)24(18)19(22(27)28)20(13)32-12-15-8-10-16(11-9-15)25(29)30/h8-11,13-14,17-18H,12H2,1-7H3,(H,27,28)/t13-,14-,17?,18+/m1/s1. The van der Waals surface area contributed by atoms with Crippen LogP contribution >= 0.6 is 11.8 Å². The number of aliphatic carboxylic acids is 1. The van der Waals surface area contributed by atoms with Crippen LogP contribution in [-0.2, 0) is 19.8 Å². The third-order valence-corrected chi connectivity index (χ3v) is 13.1. The van der Waals surface area contributed by atoms with Crippen molar-refractivity contribution in [1.29, 1.82) is 0 Å². The Morgan fingerprint density at radius 2 is 1.88 bits per heavy atom. The van der Waals surface area contributed by atoms with E-state index >= 15 is 0 Å². The number of amides is 1. The summed E-state index contributed by atoms with van der Waals surface area (Å²) in [6.45, 7) is 14.6. The summed E-state index contributed by atoms with van der Waals surface area (Å²) in [6, 6.07) is 5.98. The van der Waals surface area contributed by atoms with Gasteiger partial charge >= 0.3 is 5.97 Å². The molecule has 0 bridgehead atoms. The summed E-state index contributed by atoms with van der Waals surface area (Å²) in [4.78, 5) is 37.7. The number of non-ortho nitro benzene ring substituents is 1. The third kappa shape index (κ3) is 4.60. The fraction of sp³-hybridized carbons (Fsp3) is 0.565. The summed E-state index contributed by atoms with van der Waals surface area (Å²) < 4.78 is 6.49. The molecule has 2 heterocycles. The molecule has 1 unspecified atom stereocenters. The quantitative estimate of drug-likeness (QED) is 0.235. The molecule has 180 valence electrons. The third-order valence-electron chi connectivity index (χ3n) is 7.13. The second-order valence-corrected chi connectivity index (χ2v) is 16.1. The average molecular weight is 493 g/mol. The zero-order valence-electron chi connectivity index (χ0n) is 20.1. The maximum Gasteiger partial charge on any atom is 0.353 e. The first-order valence-electron chi connectivity index (χ1n) is 11.0. The average Bonchev–Trinajstić information content (AvgIpc) is 2.94. The zero-order chi connectivity index (χ0) is 24.9. The van der Waals surface area contributed by atoms with Gasteiger partial charge in [-0.1, -0.05) is 39.8 Å². The minimum Gasteiger partial charge on any atom is -0.477 e. The van der Waals surface area contributed by atoms with E-state index in [9.17, 15) is 24.8 Å². The molecule has 8 nitrogen and oxygen atoms in total. The Hall–Kier alpha value is -2.17. The monoisotopic (exact) mass is 492 g/mol. The lowest BCUT2D eigenvalue weighted by Gasteiger charge is -2.50. The van der Waals surface area contributed by atoms with Crippen LogP contribution in [0.15, 0.2) is 34.9 Å². The van der Waals surface area contributed by atoms with E-state index in [4.69, 9.17) is 4.43 Å². The predicted octanol–water partition coefficient (Wildman–Crippen LogP) is 5.01. The number of rotatable bonds is 8. The van der Waals surface area contributed by atoms with Crippen molar-refractivity contribution in [2.24, 2.45) is 11.8 Å². The van der Waals surface area contributed by atoms with Crippen LogP contribution < -0.4 is 0 Å². The molecular formula is C23H32N2O6SSi. The maximum absolute atomic E-state index is 13.1. The van der Waals surface area contributed by atoms with E-state index in [0.717, 1.165) is 5.56 Å². The zero-order valence-corrected chi connectivity index (χ0v) is 21.9. The fourth-order valence-electron chi connectivity index (χ4n) is 4.29. The van der Waals surface area contributed by atoms with Gasteiger partial charge in [0, 0.05) is 28.7 Å². The number of carbonyl (C=O) groups is 2. The highest BCUT2D eigenvalue weighted by Gasteiger charge is 2.61. The molecule has 2 aliphatic heterocycles. The van der Waals surface area contributed by atoms with Gasteiger partial charge in [-0.25, -0.2) is 4.79 Å². The van der Waals surface area contributed by atoms with E-state index < -0.39 is 19.2 Å². The maximum atomic E-state index is 13.1. The van der Waals surface area contributed by atoms with Gasteiger partial charge in [0.1, 0.15) is 5.70 Å². The Morgan fingerprint density at radius 3 is 2.36 bits per heavy atom. The number of nitrogens with zero attached hydrogens (tertiary/aromatic N) is 2. The first-order chi connectivity index (χ1) is 15.2. The van der Waals surface area contributed by atoms with E-state index in [1.807, 2.05) is 13.8 Å². The highest BCUT2D eigenvalue weighted by molar-refractivity contribution is 8.02. The van der Waals surface area contributed by atoms with Gasteiger partial charge in [0.2, 0.25) is 5.91 Å². The number of nitro groups is 1. The van der Waals surface area contributed by atoms with Gasteiger partial charge in [-0.15, -0.1) is 11.8 Å². The van der Waals surface area contributed by atoms with Crippen molar-refractivity contribution in [3.05, 3.63) is 50.5 Å². The Bertz CT molecular complexity index is 1000.